The van der Waals surface area contributed by atoms with Crippen molar-refractivity contribution in [2.75, 3.05) is 17.2 Å². The van der Waals surface area contributed by atoms with E-state index in [1.54, 1.807) is 0 Å². The van der Waals surface area contributed by atoms with Crippen molar-refractivity contribution in [3.8, 4) is 0 Å². The Morgan fingerprint density at radius 1 is 1.15 bits per heavy atom. The number of aromatic nitrogens is 2. The highest BCUT2D eigenvalue weighted by atomic mass is 32.2. The van der Waals surface area contributed by atoms with Crippen LogP contribution in [0.1, 0.15) is 106 Å². The Hall–Kier alpha value is -2.94. The minimum atomic E-state index is -4.27. The molecule has 226 valence electrons. The molecule has 2 fully saturated rings. The van der Waals surface area contributed by atoms with Gasteiger partial charge in [-0.25, -0.2) is 14.7 Å². The molecule has 1 amide bonds. The molecule has 1 aliphatic heterocycles. The van der Waals surface area contributed by atoms with Gasteiger partial charge in [0, 0.05) is 25.9 Å². The molecule has 3 unspecified atom stereocenters. The van der Waals surface area contributed by atoms with Crippen molar-refractivity contribution in [1.29, 1.82) is 0 Å². The first-order valence-electron chi connectivity index (χ1n) is 14.6. The summed E-state index contributed by atoms with van der Waals surface area (Å²) in [6.07, 6.45) is 5.52. The van der Waals surface area contributed by atoms with E-state index in [2.05, 4.69) is 83.0 Å². The van der Waals surface area contributed by atoms with E-state index < -0.39 is 15.9 Å². The third-order valence-corrected chi connectivity index (χ3v) is 11.3. The van der Waals surface area contributed by atoms with Crippen molar-refractivity contribution in [3.63, 3.8) is 0 Å². The topological polar surface area (TPSA) is 118 Å². The highest BCUT2D eigenvalue weighted by Gasteiger charge is 2.58. The smallest absolute Gasteiger partial charge is 0.281 e. The Labute approximate surface area is 248 Å². The summed E-state index contributed by atoms with van der Waals surface area (Å²) >= 11 is 0. The summed E-state index contributed by atoms with van der Waals surface area (Å²) in [5.74, 6) is 0.706. The fraction of sp³-hybridized carbons (Fsp3) is 0.594. The van der Waals surface area contributed by atoms with Gasteiger partial charge in [0.2, 0.25) is 0 Å². The van der Waals surface area contributed by atoms with Gasteiger partial charge in [0.1, 0.15) is 11.6 Å². The number of nitrogens with one attached hydrogen (secondary N) is 1. The number of nitrogen functional groups attached to an aromatic ring is 1. The van der Waals surface area contributed by atoms with Gasteiger partial charge in [-0.2, -0.15) is 8.42 Å². The summed E-state index contributed by atoms with van der Waals surface area (Å²) in [6.45, 7) is 20.7. The van der Waals surface area contributed by atoms with Gasteiger partial charge < -0.3 is 10.6 Å². The molecular weight excluding hydrogens is 534 g/mol. The van der Waals surface area contributed by atoms with Gasteiger partial charge >= 0.3 is 0 Å². The number of fused-ring (bicyclic) bond motifs is 2. The largest absolute Gasteiger partial charge is 0.384 e. The second-order valence-electron chi connectivity index (χ2n) is 14.9. The summed E-state index contributed by atoms with van der Waals surface area (Å²) < 4.78 is 28.9. The molecule has 1 saturated heterocycles. The SMILES string of the molecule is CC1CN(c2nc(C(C)(C)C)c(C3=CC4CCC3(C)C4(C)C)cc2C(=O)NS(=O)(=O)c2cccc(N)n2)C(C)(C)C1.[HH].[HH]. The number of amides is 1. The molecule has 9 heteroatoms. The number of hydrogen-bond acceptors (Lipinski definition) is 7. The zero-order chi connectivity index (χ0) is 30.3. The van der Waals surface area contributed by atoms with Crippen LogP contribution in [-0.2, 0) is 15.4 Å². The average molecular weight is 584 g/mol. The molecule has 3 N–H and O–H groups in total. The molecule has 2 aromatic heterocycles. The van der Waals surface area contributed by atoms with Crippen LogP contribution in [0, 0.1) is 22.7 Å². The molecular formula is C32H49N5O3S. The maximum absolute atomic E-state index is 14.0. The minimum absolute atomic E-state index is 0. The quantitative estimate of drug-likeness (QED) is 0.416. The normalized spacial score (nSPS) is 26.8. The van der Waals surface area contributed by atoms with E-state index in [4.69, 9.17) is 10.7 Å². The molecule has 8 nitrogen and oxygen atoms in total. The van der Waals surface area contributed by atoms with Crippen LogP contribution in [0.2, 0.25) is 0 Å². The maximum atomic E-state index is 14.0. The van der Waals surface area contributed by atoms with E-state index in [-0.39, 0.29) is 41.0 Å². The average Bonchev–Trinajstić information content (AvgIpc) is 3.33. The Morgan fingerprint density at radius 2 is 1.83 bits per heavy atom. The second-order valence-corrected chi connectivity index (χ2v) is 16.5. The third kappa shape index (κ3) is 4.74. The van der Waals surface area contributed by atoms with E-state index in [0.717, 1.165) is 37.1 Å². The zero-order valence-electron chi connectivity index (χ0n) is 25.9. The first kappa shape index (κ1) is 29.5. The van der Waals surface area contributed by atoms with E-state index in [1.165, 1.54) is 23.8 Å². The number of anilines is 2. The van der Waals surface area contributed by atoms with Crippen LogP contribution in [0.4, 0.5) is 11.6 Å². The molecule has 2 aromatic rings. The Balaban J connectivity index is 0.00000253. The summed E-state index contributed by atoms with van der Waals surface area (Å²) in [5, 5.41) is -0.299. The highest BCUT2D eigenvalue weighted by molar-refractivity contribution is 7.90. The summed E-state index contributed by atoms with van der Waals surface area (Å²) in [6, 6.07) is 6.24. The number of rotatable bonds is 5. The molecule has 5 rings (SSSR count). The number of nitrogens with zero attached hydrogens (tertiary/aromatic N) is 3. The van der Waals surface area contributed by atoms with Crippen molar-refractivity contribution < 1.29 is 16.1 Å². The number of nitrogens with two attached hydrogens (primary N) is 1. The standard InChI is InChI=1S/C32H45N5O3S.2H2/c1-19-17-30(5,6)37(18-19)27-22(28(38)36-41(39,40)25-12-10-11-24(33)34-25)16-21(26(35-27)29(2,3)4)23-15-20-13-14-32(23,9)31(20,7)8;;/h10-12,15-16,19-20H,13-14,17-18H2,1-9H3,(H2,33,34)(H,36,38);2*1H. The fourth-order valence-corrected chi connectivity index (χ4v) is 8.45. The van der Waals surface area contributed by atoms with Crippen LogP contribution in [0.5, 0.6) is 0 Å². The van der Waals surface area contributed by atoms with E-state index in [0.29, 0.717) is 17.7 Å². The number of sulfonamides is 1. The van der Waals surface area contributed by atoms with Gasteiger partial charge in [-0.3, -0.25) is 4.79 Å². The molecule has 3 aliphatic rings. The number of hydrogen-bond donors (Lipinski definition) is 2. The van der Waals surface area contributed by atoms with Crippen molar-refractivity contribution in [2.24, 2.45) is 22.7 Å². The molecule has 0 spiro atoms. The lowest BCUT2D eigenvalue weighted by Crippen LogP contribution is -2.41. The van der Waals surface area contributed by atoms with Gasteiger partial charge in [-0.1, -0.05) is 60.6 Å². The van der Waals surface area contributed by atoms with E-state index >= 15 is 0 Å². The molecule has 41 heavy (non-hydrogen) atoms. The lowest BCUT2D eigenvalue weighted by Gasteiger charge is -2.40. The zero-order valence-corrected chi connectivity index (χ0v) is 26.7. The molecule has 3 heterocycles. The number of carbonyl (C=O) groups is 1. The Bertz CT molecular complexity index is 1570. The van der Waals surface area contributed by atoms with Gasteiger partial charge in [0.05, 0.1) is 11.3 Å². The number of carbonyl (C=O) groups excluding carboxylic acids is 1. The number of allylic oxidation sites excluding steroid dienone is 2. The molecule has 0 aromatic carbocycles. The molecule has 2 bridgehead atoms. The first-order valence-corrected chi connectivity index (χ1v) is 16.1. The van der Waals surface area contributed by atoms with E-state index in [1.807, 2.05) is 6.07 Å². The van der Waals surface area contributed by atoms with Gasteiger partial charge in [0.15, 0.2) is 5.03 Å². The summed E-state index contributed by atoms with van der Waals surface area (Å²) in [4.78, 5) is 25.5. The van der Waals surface area contributed by atoms with E-state index in [9.17, 15) is 13.2 Å². The summed E-state index contributed by atoms with van der Waals surface area (Å²) in [5.41, 5.74) is 8.52. The van der Waals surface area contributed by atoms with Crippen LogP contribution in [0.15, 0.2) is 35.4 Å². The van der Waals surface area contributed by atoms with Crippen molar-refractivity contribution >= 4 is 33.1 Å². The van der Waals surface area contributed by atoms with Crippen LogP contribution >= 0.6 is 0 Å². The van der Waals surface area contributed by atoms with Crippen LogP contribution in [0.3, 0.4) is 0 Å². The predicted molar refractivity (Wildman–Crippen MR) is 168 cm³/mol. The molecule has 3 atom stereocenters. The van der Waals surface area contributed by atoms with Gasteiger partial charge in [-0.15, -0.1) is 0 Å². The Kier molecular flexibility index (Phi) is 6.69. The fourth-order valence-electron chi connectivity index (χ4n) is 7.50. The number of pyridine rings is 2. The van der Waals surface area contributed by atoms with Gasteiger partial charge in [-0.05, 0) is 79.5 Å². The monoisotopic (exact) mass is 583 g/mol. The lowest BCUT2D eigenvalue weighted by atomic mass is 9.65. The maximum Gasteiger partial charge on any atom is 0.281 e. The molecule has 2 aliphatic carbocycles. The first-order chi connectivity index (χ1) is 18.8. The third-order valence-electron chi connectivity index (χ3n) is 10.1. The highest BCUT2D eigenvalue weighted by Crippen LogP contribution is 2.68. The predicted octanol–water partition coefficient (Wildman–Crippen LogP) is 6.43. The van der Waals surface area contributed by atoms with Crippen molar-refractivity contribution in [1.82, 2.24) is 14.7 Å². The summed E-state index contributed by atoms with van der Waals surface area (Å²) in [7, 11) is -4.27. The van der Waals surface area contributed by atoms with Crippen LogP contribution in [0.25, 0.3) is 5.57 Å². The van der Waals surface area contributed by atoms with Crippen LogP contribution < -0.4 is 15.4 Å². The lowest BCUT2D eigenvalue weighted by molar-refractivity contribution is 0.0981. The van der Waals surface area contributed by atoms with Crippen molar-refractivity contribution in [3.05, 3.63) is 47.2 Å². The Morgan fingerprint density at radius 3 is 2.34 bits per heavy atom. The van der Waals surface area contributed by atoms with Crippen LogP contribution in [-0.4, -0.2) is 36.4 Å². The molecule has 0 radical (unpaired) electrons. The van der Waals surface area contributed by atoms with Crippen molar-refractivity contribution in [2.45, 2.75) is 97.6 Å². The molecule has 1 saturated carbocycles. The minimum Gasteiger partial charge on any atom is -0.384 e. The van der Waals surface area contributed by atoms with Gasteiger partial charge in [0.25, 0.3) is 15.9 Å². The second kappa shape index (κ2) is 9.28.